The summed E-state index contributed by atoms with van der Waals surface area (Å²) in [6, 6.07) is 0. The van der Waals surface area contributed by atoms with Crippen molar-refractivity contribution in [3.63, 3.8) is 0 Å². The molecule has 0 aliphatic carbocycles. The standard InChI is InChI=1S/C13H9F3N8O/c1-25-8-4-24-7(3-18-8)20-9(10(24)6-2-17-5-19-6)11-21-12(23-22-11)13(14,15)16/h2-5H,1H3,(H,17,19)(H,21,22,23). The average molecular weight is 350 g/mol. The summed E-state index contributed by atoms with van der Waals surface area (Å²) in [5, 5.41) is 5.53. The number of fused-ring (bicyclic) bond motifs is 1. The van der Waals surface area contributed by atoms with Gasteiger partial charge in [-0.15, -0.1) is 0 Å². The van der Waals surface area contributed by atoms with Gasteiger partial charge in [0.25, 0.3) is 0 Å². The molecule has 0 aliphatic heterocycles. The van der Waals surface area contributed by atoms with Crippen molar-refractivity contribution >= 4 is 5.65 Å². The Hall–Kier alpha value is -3.44. The summed E-state index contributed by atoms with van der Waals surface area (Å²) in [5.74, 6) is -1.09. The number of aromatic nitrogens is 8. The lowest BCUT2D eigenvalue weighted by Crippen LogP contribution is -2.07. The largest absolute Gasteiger partial charge is 0.480 e. The highest BCUT2D eigenvalue weighted by atomic mass is 19.4. The molecule has 25 heavy (non-hydrogen) atoms. The molecule has 0 aromatic carbocycles. The second-order valence-electron chi connectivity index (χ2n) is 4.94. The number of nitrogens with one attached hydrogen (secondary N) is 2. The maximum atomic E-state index is 12.8. The van der Waals surface area contributed by atoms with Gasteiger partial charge in [-0.05, 0) is 0 Å². The summed E-state index contributed by atoms with van der Waals surface area (Å²) in [6.07, 6.45) is 1.30. The summed E-state index contributed by atoms with van der Waals surface area (Å²) < 4.78 is 45.1. The van der Waals surface area contributed by atoms with Crippen molar-refractivity contribution < 1.29 is 17.9 Å². The number of imidazole rings is 2. The van der Waals surface area contributed by atoms with Crippen LogP contribution in [0.25, 0.3) is 28.6 Å². The van der Waals surface area contributed by atoms with E-state index in [1.165, 1.54) is 25.8 Å². The smallest absolute Gasteiger partial charge is 0.451 e. The molecule has 12 heteroatoms. The van der Waals surface area contributed by atoms with Crippen LogP contribution in [-0.2, 0) is 6.18 Å². The van der Waals surface area contributed by atoms with Crippen molar-refractivity contribution in [3.8, 4) is 28.8 Å². The lowest BCUT2D eigenvalue weighted by atomic mass is 10.2. The van der Waals surface area contributed by atoms with E-state index >= 15 is 0 Å². The Morgan fingerprint density at radius 3 is 2.68 bits per heavy atom. The Bertz CT molecular complexity index is 1030. The molecule has 0 spiro atoms. The van der Waals surface area contributed by atoms with Crippen molar-refractivity contribution in [1.29, 1.82) is 0 Å². The van der Waals surface area contributed by atoms with Crippen molar-refractivity contribution in [3.05, 3.63) is 30.7 Å². The van der Waals surface area contributed by atoms with Gasteiger partial charge in [0.2, 0.25) is 17.5 Å². The Kier molecular flexibility index (Phi) is 3.20. The molecule has 4 aromatic heterocycles. The Labute approximate surface area is 136 Å². The van der Waals surface area contributed by atoms with Crippen molar-refractivity contribution in [2.75, 3.05) is 7.11 Å². The van der Waals surface area contributed by atoms with Crippen LogP contribution in [0.2, 0.25) is 0 Å². The van der Waals surface area contributed by atoms with Crippen LogP contribution < -0.4 is 4.74 Å². The van der Waals surface area contributed by atoms with Gasteiger partial charge in [0, 0.05) is 0 Å². The number of aromatic amines is 2. The molecule has 4 heterocycles. The predicted octanol–water partition coefficient (Wildman–Crippen LogP) is 1.93. The SMILES string of the molecule is COc1cn2c(-c3cnc[nH]3)c(-c3n[nH]c(C(F)(F)F)n3)nc2cn1. The maximum absolute atomic E-state index is 12.8. The van der Waals surface area contributed by atoms with Crippen LogP contribution in [0, 0.1) is 0 Å². The minimum absolute atomic E-state index is 0.144. The highest BCUT2D eigenvalue weighted by Crippen LogP contribution is 2.32. The fourth-order valence-corrected chi connectivity index (χ4v) is 2.34. The first-order valence-corrected chi connectivity index (χ1v) is 6.88. The van der Waals surface area contributed by atoms with Gasteiger partial charge in [0.05, 0.1) is 37.7 Å². The Balaban J connectivity index is 1.97. The highest BCUT2D eigenvalue weighted by molar-refractivity contribution is 5.77. The van der Waals surface area contributed by atoms with Gasteiger partial charge < -0.3 is 9.72 Å². The summed E-state index contributed by atoms with van der Waals surface area (Å²) in [4.78, 5) is 18.7. The molecule has 0 saturated heterocycles. The monoisotopic (exact) mass is 350 g/mol. The molecule has 0 radical (unpaired) electrons. The molecule has 0 fully saturated rings. The van der Waals surface area contributed by atoms with E-state index in [0.29, 0.717) is 22.9 Å². The highest BCUT2D eigenvalue weighted by Gasteiger charge is 2.36. The molecular formula is C13H9F3N8O. The van der Waals surface area contributed by atoms with Gasteiger partial charge >= 0.3 is 6.18 Å². The first-order valence-electron chi connectivity index (χ1n) is 6.88. The third kappa shape index (κ3) is 2.47. The second-order valence-corrected chi connectivity index (χ2v) is 4.94. The molecule has 0 bridgehead atoms. The predicted molar refractivity (Wildman–Crippen MR) is 77.5 cm³/mol. The number of halogens is 3. The van der Waals surface area contributed by atoms with Crippen molar-refractivity contribution in [2.24, 2.45) is 0 Å². The molecule has 0 saturated carbocycles. The number of alkyl halides is 3. The van der Waals surface area contributed by atoms with Gasteiger partial charge in [0.15, 0.2) is 5.65 Å². The zero-order chi connectivity index (χ0) is 17.6. The van der Waals surface area contributed by atoms with Crippen LogP contribution in [0.15, 0.2) is 24.9 Å². The number of rotatable bonds is 3. The number of methoxy groups -OCH3 is 1. The Morgan fingerprint density at radius 2 is 2.04 bits per heavy atom. The summed E-state index contributed by atoms with van der Waals surface area (Å²) in [6.45, 7) is 0. The minimum Gasteiger partial charge on any atom is -0.480 e. The van der Waals surface area contributed by atoms with Gasteiger partial charge in [-0.25, -0.2) is 19.9 Å². The zero-order valence-corrected chi connectivity index (χ0v) is 12.5. The number of hydrogen-bond donors (Lipinski definition) is 2. The normalized spacial score (nSPS) is 12.0. The van der Waals surface area contributed by atoms with Gasteiger partial charge in [-0.2, -0.15) is 18.3 Å². The third-order valence-corrected chi connectivity index (χ3v) is 3.41. The van der Waals surface area contributed by atoms with Crippen LogP contribution in [0.3, 0.4) is 0 Å². The lowest BCUT2D eigenvalue weighted by Gasteiger charge is -2.03. The van der Waals surface area contributed by atoms with Crippen LogP contribution in [0.4, 0.5) is 13.2 Å². The first kappa shape index (κ1) is 15.1. The average Bonchev–Trinajstić information content (AvgIpc) is 3.30. The summed E-state index contributed by atoms with van der Waals surface area (Å²) in [7, 11) is 1.45. The molecule has 128 valence electrons. The van der Waals surface area contributed by atoms with Crippen LogP contribution in [0.5, 0.6) is 5.88 Å². The van der Waals surface area contributed by atoms with Gasteiger partial charge in [-0.1, -0.05) is 0 Å². The molecular weight excluding hydrogens is 341 g/mol. The number of H-pyrrole nitrogens is 2. The van der Waals surface area contributed by atoms with E-state index < -0.39 is 12.0 Å². The summed E-state index contributed by atoms with van der Waals surface area (Å²) >= 11 is 0. The first-order chi connectivity index (χ1) is 12.0. The van der Waals surface area contributed by atoms with E-state index in [2.05, 4.69) is 30.0 Å². The number of nitrogens with zero attached hydrogens (tertiary/aromatic N) is 6. The van der Waals surface area contributed by atoms with E-state index in [1.54, 1.807) is 10.6 Å². The fourth-order valence-electron chi connectivity index (χ4n) is 2.34. The second kappa shape index (κ2) is 5.29. The quantitative estimate of drug-likeness (QED) is 0.584. The molecule has 0 atom stereocenters. The van der Waals surface area contributed by atoms with E-state index in [1.807, 2.05) is 5.10 Å². The topological polar surface area (TPSA) is 110 Å². The molecule has 4 rings (SSSR count). The zero-order valence-electron chi connectivity index (χ0n) is 12.5. The van der Waals surface area contributed by atoms with E-state index in [4.69, 9.17) is 4.74 Å². The van der Waals surface area contributed by atoms with E-state index in [0.717, 1.165) is 0 Å². The molecule has 0 aliphatic rings. The molecule has 2 N–H and O–H groups in total. The van der Waals surface area contributed by atoms with E-state index in [-0.39, 0.29) is 11.5 Å². The summed E-state index contributed by atoms with van der Waals surface area (Å²) in [5.41, 5.74) is 1.49. The van der Waals surface area contributed by atoms with Gasteiger partial charge in [0.1, 0.15) is 11.4 Å². The molecule has 0 amide bonds. The number of ether oxygens (including phenoxy) is 1. The van der Waals surface area contributed by atoms with Crippen molar-refractivity contribution in [1.82, 2.24) is 39.5 Å². The molecule has 9 nitrogen and oxygen atoms in total. The third-order valence-electron chi connectivity index (χ3n) is 3.41. The van der Waals surface area contributed by atoms with E-state index in [9.17, 15) is 13.2 Å². The molecule has 0 unspecified atom stereocenters. The van der Waals surface area contributed by atoms with Crippen LogP contribution in [0.1, 0.15) is 5.82 Å². The van der Waals surface area contributed by atoms with Gasteiger partial charge in [-0.3, -0.25) is 9.50 Å². The fraction of sp³-hybridized carbons (Fsp3) is 0.154. The van der Waals surface area contributed by atoms with Crippen LogP contribution >= 0.6 is 0 Å². The van der Waals surface area contributed by atoms with Crippen LogP contribution in [-0.4, -0.2) is 46.6 Å². The molecule has 4 aromatic rings. The Morgan fingerprint density at radius 1 is 1.20 bits per heavy atom. The number of hydrogen-bond acceptors (Lipinski definition) is 6. The maximum Gasteiger partial charge on any atom is 0.451 e. The minimum atomic E-state index is -4.64. The lowest BCUT2D eigenvalue weighted by molar-refractivity contribution is -0.144. The van der Waals surface area contributed by atoms with Crippen molar-refractivity contribution in [2.45, 2.75) is 6.18 Å².